The molecule has 0 aliphatic rings. The molecule has 0 unspecified atom stereocenters. The molecule has 136 valence electrons. The molecule has 0 fully saturated rings. The zero-order valence-corrected chi connectivity index (χ0v) is 14.9. The summed E-state index contributed by atoms with van der Waals surface area (Å²) in [5.74, 6) is -0.666. The molecule has 0 spiro atoms. The van der Waals surface area contributed by atoms with E-state index in [-0.39, 0.29) is 5.70 Å². The zero-order chi connectivity index (χ0) is 19.1. The van der Waals surface area contributed by atoms with Gasteiger partial charge in [-0.15, -0.1) is 0 Å². The Labute approximate surface area is 152 Å². The van der Waals surface area contributed by atoms with Crippen molar-refractivity contribution >= 4 is 18.0 Å². The molecule has 2 aromatic carbocycles. The number of aryl methyl sites for hydroxylation is 1. The van der Waals surface area contributed by atoms with Crippen LogP contribution in [-0.4, -0.2) is 24.1 Å². The van der Waals surface area contributed by atoms with E-state index in [0.717, 1.165) is 11.1 Å². The van der Waals surface area contributed by atoms with Gasteiger partial charge in [-0.2, -0.15) is 0 Å². The molecule has 0 radical (unpaired) electrons. The monoisotopic (exact) mass is 355 g/mol. The lowest BCUT2D eigenvalue weighted by molar-refractivity contribution is -0.134. The number of aliphatic carboxylic acids is 1. The van der Waals surface area contributed by atoms with Crippen molar-refractivity contribution < 1.29 is 24.2 Å². The smallest absolute Gasteiger partial charge is 0.352 e. The van der Waals surface area contributed by atoms with Gasteiger partial charge in [0.25, 0.3) is 0 Å². The maximum absolute atomic E-state index is 11.2. The number of amides is 1. The second kappa shape index (κ2) is 8.71. The fraction of sp³-hybridized carbons (Fsp3) is 0.200. The summed E-state index contributed by atoms with van der Waals surface area (Å²) in [7, 11) is 1.53. The summed E-state index contributed by atoms with van der Waals surface area (Å²) in [4.78, 5) is 22.4. The average Bonchev–Trinajstić information content (AvgIpc) is 2.60. The Morgan fingerprint density at radius 2 is 1.81 bits per heavy atom. The van der Waals surface area contributed by atoms with E-state index in [1.54, 1.807) is 18.2 Å². The second-order valence-corrected chi connectivity index (χ2v) is 5.73. The third kappa shape index (κ3) is 5.37. The number of benzene rings is 2. The summed E-state index contributed by atoms with van der Waals surface area (Å²) in [5.41, 5.74) is 2.52. The van der Waals surface area contributed by atoms with E-state index in [4.69, 9.17) is 9.47 Å². The van der Waals surface area contributed by atoms with Crippen LogP contribution in [0.1, 0.15) is 23.6 Å². The van der Waals surface area contributed by atoms with Crippen molar-refractivity contribution in [1.29, 1.82) is 0 Å². The van der Waals surface area contributed by atoms with Crippen LogP contribution in [-0.2, 0) is 16.2 Å². The first-order chi connectivity index (χ1) is 12.4. The minimum Gasteiger partial charge on any atom is -0.493 e. The summed E-state index contributed by atoms with van der Waals surface area (Å²) in [6.07, 6.45) is 1.36. The molecule has 2 N–H and O–H groups in total. The van der Waals surface area contributed by atoms with Crippen LogP contribution in [0.5, 0.6) is 11.5 Å². The maximum Gasteiger partial charge on any atom is 0.352 e. The van der Waals surface area contributed by atoms with Gasteiger partial charge in [-0.05, 0) is 36.3 Å². The van der Waals surface area contributed by atoms with E-state index < -0.39 is 11.9 Å². The topological polar surface area (TPSA) is 84.9 Å². The molecule has 2 rings (SSSR count). The number of carboxylic acid groups (broad SMARTS) is 1. The van der Waals surface area contributed by atoms with E-state index >= 15 is 0 Å². The quantitative estimate of drug-likeness (QED) is 0.745. The molecule has 2 aromatic rings. The van der Waals surface area contributed by atoms with Gasteiger partial charge in [0, 0.05) is 6.92 Å². The molecule has 0 bridgehead atoms. The fourth-order valence-electron chi connectivity index (χ4n) is 2.25. The molecule has 1 amide bonds. The van der Waals surface area contributed by atoms with Gasteiger partial charge in [0.15, 0.2) is 11.5 Å². The van der Waals surface area contributed by atoms with Gasteiger partial charge in [-0.1, -0.05) is 35.9 Å². The highest BCUT2D eigenvalue weighted by Gasteiger charge is 2.11. The molecule has 0 aliphatic heterocycles. The van der Waals surface area contributed by atoms with Crippen molar-refractivity contribution in [2.45, 2.75) is 20.5 Å². The van der Waals surface area contributed by atoms with Crippen LogP contribution in [0.25, 0.3) is 6.08 Å². The van der Waals surface area contributed by atoms with Crippen molar-refractivity contribution in [1.82, 2.24) is 5.32 Å². The lowest BCUT2D eigenvalue weighted by atomic mass is 10.1. The van der Waals surface area contributed by atoms with Gasteiger partial charge in [0.05, 0.1) is 7.11 Å². The van der Waals surface area contributed by atoms with Crippen LogP contribution < -0.4 is 14.8 Å². The van der Waals surface area contributed by atoms with Crippen molar-refractivity contribution in [3.63, 3.8) is 0 Å². The summed E-state index contributed by atoms with van der Waals surface area (Å²) >= 11 is 0. The summed E-state index contributed by atoms with van der Waals surface area (Å²) < 4.78 is 11.1. The van der Waals surface area contributed by atoms with Crippen LogP contribution in [0.4, 0.5) is 0 Å². The minimum absolute atomic E-state index is 0.216. The number of carbonyl (C=O) groups excluding carboxylic acids is 1. The van der Waals surface area contributed by atoms with E-state index in [1.165, 1.54) is 20.1 Å². The van der Waals surface area contributed by atoms with Gasteiger partial charge in [0.2, 0.25) is 5.91 Å². The Morgan fingerprint density at radius 1 is 1.12 bits per heavy atom. The highest BCUT2D eigenvalue weighted by atomic mass is 16.5. The number of ether oxygens (including phenoxy) is 2. The molecule has 26 heavy (non-hydrogen) atoms. The summed E-state index contributed by atoms with van der Waals surface area (Å²) in [6.45, 7) is 3.61. The predicted octanol–water partition coefficient (Wildman–Crippen LogP) is 3.14. The SMILES string of the molecule is COc1ccc(/C=C(/NC(C)=O)C(=O)O)cc1OCc1ccc(C)cc1. The number of nitrogens with one attached hydrogen (secondary N) is 1. The van der Waals surface area contributed by atoms with Crippen molar-refractivity contribution in [2.24, 2.45) is 0 Å². The predicted molar refractivity (Wildman–Crippen MR) is 97.9 cm³/mol. The van der Waals surface area contributed by atoms with Crippen LogP contribution >= 0.6 is 0 Å². The van der Waals surface area contributed by atoms with E-state index in [2.05, 4.69) is 5.32 Å². The van der Waals surface area contributed by atoms with Crippen molar-refractivity contribution in [2.75, 3.05) is 7.11 Å². The van der Waals surface area contributed by atoms with Gasteiger partial charge in [-0.25, -0.2) is 4.79 Å². The Morgan fingerprint density at radius 3 is 2.38 bits per heavy atom. The number of methoxy groups -OCH3 is 1. The van der Waals surface area contributed by atoms with E-state index in [9.17, 15) is 14.7 Å². The second-order valence-electron chi connectivity index (χ2n) is 5.73. The Hall–Kier alpha value is -3.28. The van der Waals surface area contributed by atoms with Crippen LogP contribution in [0.2, 0.25) is 0 Å². The third-order valence-electron chi connectivity index (χ3n) is 3.55. The van der Waals surface area contributed by atoms with E-state index in [0.29, 0.717) is 23.7 Å². The molecule has 0 heterocycles. The van der Waals surface area contributed by atoms with Crippen molar-refractivity contribution in [3.8, 4) is 11.5 Å². The van der Waals surface area contributed by atoms with E-state index in [1.807, 2.05) is 31.2 Å². The number of carbonyl (C=O) groups is 2. The Balaban J connectivity index is 2.25. The summed E-state index contributed by atoms with van der Waals surface area (Å²) in [5, 5.41) is 11.5. The largest absolute Gasteiger partial charge is 0.493 e. The molecule has 0 aromatic heterocycles. The maximum atomic E-state index is 11.2. The number of rotatable bonds is 7. The lowest BCUT2D eigenvalue weighted by Gasteiger charge is -2.12. The molecule has 0 aliphatic carbocycles. The molecule has 0 saturated heterocycles. The Kier molecular flexibility index (Phi) is 6.38. The molecular formula is C20H21NO5. The fourth-order valence-corrected chi connectivity index (χ4v) is 2.25. The Bertz CT molecular complexity index is 825. The first-order valence-corrected chi connectivity index (χ1v) is 7.98. The average molecular weight is 355 g/mol. The standard InChI is InChI=1S/C20H21NO5/c1-13-4-6-15(7-5-13)12-26-19-11-16(8-9-18(19)25-3)10-17(20(23)24)21-14(2)22/h4-11H,12H2,1-3H3,(H,21,22)(H,23,24)/b17-10+. The first kappa shape index (κ1) is 19.1. The van der Waals surface area contributed by atoms with Gasteiger partial charge >= 0.3 is 5.97 Å². The van der Waals surface area contributed by atoms with Crippen LogP contribution in [0.3, 0.4) is 0 Å². The number of hydrogen-bond acceptors (Lipinski definition) is 4. The third-order valence-corrected chi connectivity index (χ3v) is 3.55. The zero-order valence-electron chi connectivity index (χ0n) is 14.9. The molecule has 0 saturated carbocycles. The number of hydrogen-bond donors (Lipinski definition) is 2. The van der Waals surface area contributed by atoms with Gasteiger partial charge in [-0.3, -0.25) is 4.79 Å². The van der Waals surface area contributed by atoms with Crippen molar-refractivity contribution in [3.05, 3.63) is 64.9 Å². The number of carboxylic acids is 1. The normalized spacial score (nSPS) is 11.0. The first-order valence-electron chi connectivity index (χ1n) is 7.98. The lowest BCUT2D eigenvalue weighted by Crippen LogP contribution is -2.24. The molecule has 6 nitrogen and oxygen atoms in total. The molecule has 0 atom stereocenters. The highest BCUT2D eigenvalue weighted by molar-refractivity contribution is 5.96. The molecule has 6 heteroatoms. The van der Waals surface area contributed by atoms with Gasteiger partial charge < -0.3 is 19.9 Å². The van der Waals surface area contributed by atoms with Crippen LogP contribution in [0, 0.1) is 6.92 Å². The highest BCUT2D eigenvalue weighted by Crippen LogP contribution is 2.29. The minimum atomic E-state index is -1.22. The molecular weight excluding hydrogens is 334 g/mol. The van der Waals surface area contributed by atoms with Crippen LogP contribution in [0.15, 0.2) is 48.2 Å². The van der Waals surface area contributed by atoms with Gasteiger partial charge in [0.1, 0.15) is 12.3 Å². The summed E-state index contributed by atoms with van der Waals surface area (Å²) in [6, 6.07) is 13.0.